The Bertz CT molecular complexity index is 1120. The highest BCUT2D eigenvalue weighted by Gasteiger charge is 2.40. The maximum absolute atomic E-state index is 12.5. The van der Waals surface area contributed by atoms with Crippen molar-refractivity contribution < 1.29 is 19.0 Å². The smallest absolute Gasteiger partial charge is 0.164 e. The van der Waals surface area contributed by atoms with E-state index in [2.05, 4.69) is 15.9 Å². The summed E-state index contributed by atoms with van der Waals surface area (Å²) in [6.07, 6.45) is 1.73. The van der Waals surface area contributed by atoms with Crippen molar-refractivity contribution in [2.24, 2.45) is 17.3 Å². The first-order valence-electron chi connectivity index (χ1n) is 13.6. The number of nitrogens with zero attached hydrogens (tertiary/aromatic N) is 3. The van der Waals surface area contributed by atoms with Crippen LogP contribution in [-0.4, -0.2) is 69.1 Å². The zero-order chi connectivity index (χ0) is 27.3. The predicted octanol–water partition coefficient (Wildman–Crippen LogP) is 4.95. The van der Waals surface area contributed by atoms with Crippen molar-refractivity contribution in [3.8, 4) is 23.3 Å². The maximum atomic E-state index is 12.5. The molecule has 0 saturated carbocycles. The Morgan fingerprint density at radius 2 is 1.61 bits per heavy atom. The van der Waals surface area contributed by atoms with E-state index in [1.54, 1.807) is 14.2 Å². The SMILES string of the molecule is COc1ccc(OC(CCCN2CC3CN(CC(=O)C(C)(C)C)CC3C2)c2ccc(C#N)cc2)cc1OC. The lowest BCUT2D eigenvalue weighted by Gasteiger charge is -2.25. The first-order valence-corrected chi connectivity index (χ1v) is 13.6. The van der Waals surface area contributed by atoms with E-state index in [0.29, 0.717) is 41.2 Å². The minimum Gasteiger partial charge on any atom is -0.493 e. The van der Waals surface area contributed by atoms with Gasteiger partial charge < -0.3 is 19.1 Å². The molecule has 2 fully saturated rings. The van der Waals surface area contributed by atoms with Gasteiger partial charge in [-0.05, 0) is 61.1 Å². The standard InChI is InChI=1S/C31H41N3O4/c1-31(2,3)30(35)21-34-19-24-17-33(18-25(24)20-34)14-6-7-27(23-10-8-22(16-32)9-11-23)38-26-12-13-28(36-4)29(15-26)37-5/h8-13,15,24-25,27H,6-7,14,17-21H2,1-5H3. The third-order valence-electron chi connectivity index (χ3n) is 7.83. The van der Waals surface area contributed by atoms with Gasteiger partial charge in [-0.1, -0.05) is 32.9 Å². The molecule has 2 heterocycles. The molecule has 0 bridgehead atoms. The van der Waals surface area contributed by atoms with Gasteiger partial charge in [-0.25, -0.2) is 0 Å². The van der Waals surface area contributed by atoms with E-state index < -0.39 is 0 Å². The predicted molar refractivity (Wildman–Crippen MR) is 148 cm³/mol. The van der Waals surface area contributed by atoms with Gasteiger partial charge in [-0.2, -0.15) is 5.26 Å². The lowest BCUT2D eigenvalue weighted by Crippen LogP contribution is -2.36. The molecule has 0 aromatic heterocycles. The molecule has 204 valence electrons. The van der Waals surface area contributed by atoms with Gasteiger partial charge in [0.05, 0.1) is 32.4 Å². The molecule has 2 saturated heterocycles. The molecule has 2 aliphatic heterocycles. The topological polar surface area (TPSA) is 75.0 Å². The first-order chi connectivity index (χ1) is 18.2. The van der Waals surface area contributed by atoms with E-state index >= 15 is 0 Å². The summed E-state index contributed by atoms with van der Waals surface area (Å²) >= 11 is 0. The number of hydrogen-bond acceptors (Lipinski definition) is 7. The van der Waals surface area contributed by atoms with E-state index in [1.807, 2.05) is 63.2 Å². The van der Waals surface area contributed by atoms with Crippen LogP contribution in [0.4, 0.5) is 0 Å². The zero-order valence-corrected chi connectivity index (χ0v) is 23.4. The van der Waals surface area contributed by atoms with E-state index in [9.17, 15) is 10.1 Å². The van der Waals surface area contributed by atoms with Gasteiger partial charge >= 0.3 is 0 Å². The number of benzene rings is 2. The lowest BCUT2D eigenvalue weighted by molar-refractivity contribution is -0.127. The van der Waals surface area contributed by atoms with Crippen LogP contribution in [0.3, 0.4) is 0 Å². The molecule has 0 amide bonds. The van der Waals surface area contributed by atoms with Gasteiger partial charge in [-0.15, -0.1) is 0 Å². The molecule has 3 unspecified atom stereocenters. The Morgan fingerprint density at radius 3 is 2.18 bits per heavy atom. The van der Waals surface area contributed by atoms with E-state index in [0.717, 1.165) is 56.9 Å². The van der Waals surface area contributed by atoms with E-state index in [-0.39, 0.29) is 11.5 Å². The Kier molecular flexibility index (Phi) is 8.96. The molecule has 0 spiro atoms. The number of ketones is 1. The lowest BCUT2D eigenvalue weighted by atomic mass is 9.90. The van der Waals surface area contributed by atoms with Crippen LogP contribution < -0.4 is 14.2 Å². The second kappa shape index (κ2) is 12.2. The van der Waals surface area contributed by atoms with Crippen LogP contribution in [0.25, 0.3) is 0 Å². The molecule has 4 rings (SSSR count). The molecule has 0 N–H and O–H groups in total. The summed E-state index contributed by atoms with van der Waals surface area (Å²) < 4.78 is 17.3. The summed E-state index contributed by atoms with van der Waals surface area (Å²) in [6, 6.07) is 15.5. The molecule has 2 aliphatic rings. The molecule has 38 heavy (non-hydrogen) atoms. The number of carbonyl (C=O) groups is 1. The van der Waals surface area contributed by atoms with Gasteiger partial charge in [0.1, 0.15) is 11.9 Å². The number of Topliss-reactive ketones (excluding diaryl/α,β-unsaturated/α-hetero) is 1. The van der Waals surface area contributed by atoms with Crippen molar-refractivity contribution in [2.75, 3.05) is 53.5 Å². The minimum absolute atomic E-state index is 0.137. The molecular weight excluding hydrogens is 478 g/mol. The largest absolute Gasteiger partial charge is 0.493 e. The number of likely N-dealkylation sites (tertiary alicyclic amines) is 2. The molecular formula is C31H41N3O4. The fourth-order valence-electron chi connectivity index (χ4n) is 5.56. The average molecular weight is 520 g/mol. The number of methoxy groups -OCH3 is 2. The molecule has 2 aromatic rings. The Balaban J connectivity index is 1.33. The number of ether oxygens (including phenoxy) is 3. The van der Waals surface area contributed by atoms with Crippen molar-refractivity contribution in [2.45, 2.75) is 39.7 Å². The average Bonchev–Trinajstić information content (AvgIpc) is 3.45. The molecule has 0 aliphatic carbocycles. The van der Waals surface area contributed by atoms with Crippen LogP contribution in [0.15, 0.2) is 42.5 Å². The third kappa shape index (κ3) is 6.86. The van der Waals surface area contributed by atoms with Crippen LogP contribution >= 0.6 is 0 Å². The van der Waals surface area contributed by atoms with Crippen molar-refractivity contribution in [1.82, 2.24) is 9.80 Å². The summed E-state index contributed by atoms with van der Waals surface area (Å²) in [5, 5.41) is 9.20. The highest BCUT2D eigenvalue weighted by Crippen LogP contribution is 2.35. The fraction of sp³-hybridized carbons (Fsp3) is 0.548. The number of rotatable bonds is 11. The van der Waals surface area contributed by atoms with Crippen molar-refractivity contribution in [3.63, 3.8) is 0 Å². The Hall–Kier alpha value is -3.08. The number of fused-ring (bicyclic) bond motifs is 1. The van der Waals surface area contributed by atoms with Crippen molar-refractivity contribution in [3.05, 3.63) is 53.6 Å². The van der Waals surface area contributed by atoms with Crippen LogP contribution in [0.5, 0.6) is 17.2 Å². The molecule has 2 aromatic carbocycles. The zero-order valence-electron chi connectivity index (χ0n) is 23.4. The Labute approximate surface area is 227 Å². The summed E-state index contributed by atoms with van der Waals surface area (Å²) in [5.41, 5.74) is 1.42. The number of carbonyl (C=O) groups excluding carboxylic acids is 1. The van der Waals surface area contributed by atoms with Gasteiger partial charge in [0.25, 0.3) is 0 Å². The van der Waals surface area contributed by atoms with Crippen molar-refractivity contribution in [1.29, 1.82) is 5.26 Å². The molecule has 7 heteroatoms. The molecule has 3 atom stereocenters. The third-order valence-corrected chi connectivity index (χ3v) is 7.83. The first kappa shape index (κ1) is 27.9. The number of nitriles is 1. The van der Waals surface area contributed by atoms with E-state index in [4.69, 9.17) is 14.2 Å². The summed E-state index contributed by atoms with van der Waals surface area (Å²) in [4.78, 5) is 17.4. The minimum atomic E-state index is -0.270. The van der Waals surface area contributed by atoms with Crippen LogP contribution in [0.1, 0.15) is 50.8 Å². The second-order valence-electron chi connectivity index (χ2n) is 11.6. The summed E-state index contributed by atoms with van der Waals surface area (Å²) in [7, 11) is 3.24. The summed E-state index contributed by atoms with van der Waals surface area (Å²) in [5.74, 6) is 3.65. The quantitative estimate of drug-likeness (QED) is 0.416. The van der Waals surface area contributed by atoms with Crippen LogP contribution in [-0.2, 0) is 4.79 Å². The van der Waals surface area contributed by atoms with Crippen molar-refractivity contribution >= 4 is 5.78 Å². The molecule has 7 nitrogen and oxygen atoms in total. The summed E-state index contributed by atoms with van der Waals surface area (Å²) in [6.45, 7) is 11.9. The highest BCUT2D eigenvalue weighted by atomic mass is 16.5. The maximum Gasteiger partial charge on any atom is 0.164 e. The highest BCUT2D eigenvalue weighted by molar-refractivity contribution is 5.85. The molecule has 0 radical (unpaired) electrons. The van der Waals surface area contributed by atoms with Gasteiger partial charge in [0.2, 0.25) is 0 Å². The van der Waals surface area contributed by atoms with Gasteiger partial charge in [0.15, 0.2) is 17.3 Å². The van der Waals surface area contributed by atoms with Crippen LogP contribution in [0.2, 0.25) is 0 Å². The number of hydrogen-bond donors (Lipinski definition) is 0. The Morgan fingerprint density at radius 1 is 0.974 bits per heavy atom. The fourth-order valence-corrected chi connectivity index (χ4v) is 5.56. The van der Waals surface area contributed by atoms with E-state index in [1.165, 1.54) is 0 Å². The monoisotopic (exact) mass is 519 g/mol. The normalized spacial score (nSPS) is 20.5. The van der Waals surface area contributed by atoms with Crippen LogP contribution in [0, 0.1) is 28.6 Å². The second-order valence-corrected chi connectivity index (χ2v) is 11.6. The van der Waals surface area contributed by atoms with Gasteiger partial charge in [0, 0.05) is 37.7 Å². The van der Waals surface area contributed by atoms with Gasteiger partial charge in [-0.3, -0.25) is 9.69 Å².